The summed E-state index contributed by atoms with van der Waals surface area (Å²) in [5.74, 6) is 2.67. The van der Waals surface area contributed by atoms with E-state index in [1.54, 1.807) is 11.4 Å². The summed E-state index contributed by atoms with van der Waals surface area (Å²) >= 11 is -3.10. The van der Waals surface area contributed by atoms with Crippen LogP contribution in [0.5, 0.6) is 0 Å². The summed E-state index contributed by atoms with van der Waals surface area (Å²) in [5, 5.41) is 29.3. The molecule has 0 aromatic heterocycles. The van der Waals surface area contributed by atoms with Crippen LogP contribution < -0.4 is 5.90 Å². The van der Waals surface area contributed by atoms with Crippen molar-refractivity contribution in [1.82, 2.24) is 0 Å². The van der Waals surface area contributed by atoms with E-state index in [0.717, 1.165) is 0 Å². The van der Waals surface area contributed by atoms with Gasteiger partial charge < -0.3 is 0 Å². The van der Waals surface area contributed by atoms with Crippen LogP contribution in [0.2, 0.25) is 16.6 Å². The van der Waals surface area contributed by atoms with Crippen LogP contribution in [0.3, 0.4) is 0 Å². The molecule has 0 amide bonds. The van der Waals surface area contributed by atoms with Crippen LogP contribution in [0, 0.1) is 0 Å². The fourth-order valence-electron chi connectivity index (χ4n) is 1.89. The topological polar surface area (TPSA) is 179 Å². The minimum absolute atomic E-state index is 0.126. The van der Waals surface area contributed by atoms with Crippen molar-refractivity contribution in [2.24, 2.45) is 0 Å². The Morgan fingerprint density at radius 1 is 1.30 bits per heavy atom. The Labute approximate surface area is 136 Å². The van der Waals surface area contributed by atoms with Crippen LogP contribution in [0.4, 0.5) is 0 Å². The van der Waals surface area contributed by atoms with Crippen molar-refractivity contribution < 1.29 is 51.7 Å². The molecule has 1 aliphatic rings. The molecule has 1 unspecified atom stereocenters. The van der Waals surface area contributed by atoms with Gasteiger partial charge in [0.15, 0.2) is 0 Å². The molecule has 1 aliphatic heterocycles. The summed E-state index contributed by atoms with van der Waals surface area (Å²) in [4.78, 5) is 0. The Morgan fingerprint density at radius 2 is 1.91 bits per heavy atom. The van der Waals surface area contributed by atoms with E-state index in [4.69, 9.17) is 9.47 Å². The van der Waals surface area contributed by atoms with Crippen molar-refractivity contribution in [3.05, 3.63) is 0 Å². The molecule has 0 saturated carbocycles. The second-order valence-corrected chi connectivity index (χ2v) is 14.2. The standard InChI is InChI=1S/C10H23AsNO10S/c1-11(2,16)3-7-8(14)9(15)10(21-7)19-4-6(13)5-20-23(17,18)22-12/h6-10,13-15H,3-5H2,1-2,12H3/q+2/t6-,7+,8+,9+,10+/m0/s1. The van der Waals surface area contributed by atoms with Crippen LogP contribution in [-0.2, 0) is 41.2 Å². The summed E-state index contributed by atoms with van der Waals surface area (Å²) < 4.78 is 52.0. The first kappa shape index (κ1) is 21.2. The number of aliphatic hydroxyl groups is 3. The fourth-order valence-corrected chi connectivity index (χ4v) is 4.73. The predicted octanol–water partition coefficient (Wildman–Crippen LogP) is -2.69. The Balaban J connectivity index is 2.43. The van der Waals surface area contributed by atoms with Crippen LogP contribution in [0.15, 0.2) is 0 Å². The van der Waals surface area contributed by atoms with Crippen molar-refractivity contribution in [1.29, 1.82) is 0 Å². The van der Waals surface area contributed by atoms with Crippen molar-refractivity contribution in [3.8, 4) is 0 Å². The molecule has 1 saturated heterocycles. The van der Waals surface area contributed by atoms with E-state index < -0.39 is 68.2 Å². The first-order chi connectivity index (χ1) is 10.4. The van der Waals surface area contributed by atoms with Gasteiger partial charge in [0.1, 0.15) is 0 Å². The molecule has 0 bridgehead atoms. The third-order valence-corrected chi connectivity index (χ3v) is 6.25. The summed E-state index contributed by atoms with van der Waals surface area (Å²) in [5.41, 5.74) is 3.17. The van der Waals surface area contributed by atoms with Crippen molar-refractivity contribution in [2.45, 2.75) is 47.3 Å². The van der Waals surface area contributed by atoms with Gasteiger partial charge in [-0.3, -0.25) is 0 Å². The zero-order valence-corrected chi connectivity index (χ0v) is 15.5. The predicted molar refractivity (Wildman–Crippen MR) is 74.3 cm³/mol. The maximum atomic E-state index is 11.8. The minimum atomic E-state index is -4.28. The van der Waals surface area contributed by atoms with Crippen LogP contribution in [0.25, 0.3) is 0 Å². The van der Waals surface area contributed by atoms with E-state index in [1.807, 2.05) is 0 Å². The molecule has 0 spiro atoms. The average Bonchev–Trinajstić information content (AvgIpc) is 2.69. The number of ether oxygens (including phenoxy) is 2. The SMILES string of the molecule is C[As](C)(=O)C[C@H]1O[C@@H](OC[C@H](O)CO[S+]([O])(=O)O[NH3+])[C@H](O)[C@@H]1O. The first-order valence-corrected chi connectivity index (χ1v) is 13.8. The molecule has 6 atom stereocenters. The molecule has 0 aliphatic carbocycles. The molecule has 0 aromatic carbocycles. The molecule has 1 fully saturated rings. The third-order valence-electron chi connectivity index (χ3n) is 2.94. The Kier molecular flexibility index (Phi) is 7.83. The van der Waals surface area contributed by atoms with Gasteiger partial charge in [-0.2, -0.15) is 0 Å². The van der Waals surface area contributed by atoms with E-state index in [-0.39, 0.29) is 5.21 Å². The van der Waals surface area contributed by atoms with Gasteiger partial charge in [-0.25, -0.2) is 0 Å². The van der Waals surface area contributed by atoms with E-state index in [2.05, 4.69) is 14.4 Å². The van der Waals surface area contributed by atoms with Crippen LogP contribution in [-0.4, -0.2) is 72.7 Å². The summed E-state index contributed by atoms with van der Waals surface area (Å²) in [6.45, 7) is -1.07. The summed E-state index contributed by atoms with van der Waals surface area (Å²) in [6, 6.07) is 0. The van der Waals surface area contributed by atoms with Gasteiger partial charge in [-0.05, 0) is 0 Å². The van der Waals surface area contributed by atoms with Gasteiger partial charge in [-0.1, -0.05) is 0 Å². The van der Waals surface area contributed by atoms with Gasteiger partial charge in [0.2, 0.25) is 0 Å². The second-order valence-electron chi connectivity index (χ2n) is 5.58. The number of quaternary nitrogens is 1. The molecule has 137 valence electrons. The monoisotopic (exact) mass is 424 g/mol. The first-order valence-electron chi connectivity index (χ1n) is 6.63. The zero-order chi connectivity index (χ0) is 17.8. The number of hydrogen-bond donors (Lipinski definition) is 4. The average molecular weight is 424 g/mol. The molecule has 11 nitrogen and oxygen atoms in total. The summed E-state index contributed by atoms with van der Waals surface area (Å²) in [6.07, 6.45) is -6.04. The molecule has 6 N–H and O–H groups in total. The normalized spacial score (nSPS) is 32.7. The molecular weight excluding hydrogens is 401 g/mol. The third kappa shape index (κ3) is 7.28. The van der Waals surface area contributed by atoms with Gasteiger partial charge in [0.25, 0.3) is 0 Å². The van der Waals surface area contributed by atoms with Gasteiger partial charge in [0.05, 0.1) is 0 Å². The number of hydrogen-bond acceptors (Lipinski definition) is 9. The van der Waals surface area contributed by atoms with E-state index >= 15 is 0 Å². The molecule has 0 aromatic rings. The van der Waals surface area contributed by atoms with E-state index in [0.29, 0.717) is 0 Å². The van der Waals surface area contributed by atoms with Gasteiger partial charge >= 0.3 is 136 Å². The maximum absolute atomic E-state index is 11.8. The zero-order valence-electron chi connectivity index (χ0n) is 12.8. The van der Waals surface area contributed by atoms with Crippen LogP contribution in [0.1, 0.15) is 0 Å². The van der Waals surface area contributed by atoms with E-state index in [1.165, 1.54) is 0 Å². The Bertz CT molecular complexity index is 473. The van der Waals surface area contributed by atoms with Crippen molar-refractivity contribution in [3.63, 3.8) is 0 Å². The van der Waals surface area contributed by atoms with E-state index in [9.17, 15) is 27.8 Å². The Hall–Kier alpha value is 0.148. The molecular formula is C10H23AsNO10S+2. The van der Waals surface area contributed by atoms with Crippen molar-refractivity contribution in [2.75, 3.05) is 13.2 Å². The van der Waals surface area contributed by atoms with Gasteiger partial charge in [0, 0.05) is 0 Å². The number of rotatable bonds is 9. The Morgan fingerprint density at radius 3 is 2.43 bits per heavy atom. The van der Waals surface area contributed by atoms with Gasteiger partial charge in [-0.15, -0.1) is 0 Å². The molecule has 23 heavy (non-hydrogen) atoms. The summed E-state index contributed by atoms with van der Waals surface area (Å²) in [7, 11) is -4.28. The molecule has 1 rings (SSSR count). The van der Waals surface area contributed by atoms with Crippen molar-refractivity contribution >= 4 is 24.3 Å². The number of aliphatic hydroxyl groups excluding tert-OH is 3. The molecule has 13 heteroatoms. The van der Waals surface area contributed by atoms with Crippen LogP contribution >= 0.6 is 0 Å². The quantitative estimate of drug-likeness (QED) is 0.174. The fraction of sp³-hybridized carbons (Fsp3) is 1.00. The molecule has 1 radical (unpaired) electrons. The second kappa shape index (κ2) is 8.49. The molecule has 1 heterocycles.